The van der Waals surface area contributed by atoms with Gasteiger partial charge in [0.1, 0.15) is 4.90 Å². The fraction of sp³-hybridized carbons (Fsp3) is 0.250. The zero-order chi connectivity index (χ0) is 17.9. The Balaban J connectivity index is 2.39. The lowest BCUT2D eigenvalue weighted by Crippen LogP contribution is -2.27. The van der Waals surface area contributed by atoms with Crippen LogP contribution in [-0.4, -0.2) is 34.0 Å². The van der Waals surface area contributed by atoms with Gasteiger partial charge in [0.05, 0.1) is 24.3 Å². The van der Waals surface area contributed by atoms with E-state index < -0.39 is 10.0 Å². The molecule has 5 nitrogen and oxygen atoms in total. The quantitative estimate of drug-likeness (QED) is 0.752. The Morgan fingerprint density at radius 2 is 1.71 bits per heavy atom. The standard InChI is InChI=1S/C16H17Cl2NO4S/c1-19(10-11-6-4-8-13(22-2)16(11)23-3)24(20,21)14-9-5-7-12(17)15(14)18/h4-9H,10H2,1-3H3. The maximum absolute atomic E-state index is 12.8. The van der Waals surface area contributed by atoms with Crippen LogP contribution in [0.2, 0.25) is 10.0 Å². The Kier molecular flexibility index (Phi) is 5.98. The van der Waals surface area contributed by atoms with Gasteiger partial charge in [-0.1, -0.05) is 41.4 Å². The molecule has 0 spiro atoms. The van der Waals surface area contributed by atoms with Crippen molar-refractivity contribution in [3.05, 3.63) is 52.0 Å². The molecule has 0 amide bonds. The highest BCUT2D eigenvalue weighted by molar-refractivity contribution is 7.89. The molecule has 0 aliphatic carbocycles. The molecular formula is C16H17Cl2NO4S. The molecule has 0 saturated carbocycles. The highest BCUT2D eigenvalue weighted by Crippen LogP contribution is 2.34. The summed E-state index contributed by atoms with van der Waals surface area (Å²) in [5.41, 5.74) is 0.668. The first-order valence-corrected chi connectivity index (χ1v) is 9.12. The number of benzene rings is 2. The molecule has 0 radical (unpaired) electrons. The average Bonchev–Trinajstić information content (AvgIpc) is 2.56. The Bertz CT molecular complexity index is 840. The Morgan fingerprint density at radius 1 is 1.04 bits per heavy atom. The maximum atomic E-state index is 12.8. The number of para-hydroxylation sites is 1. The fourth-order valence-corrected chi connectivity index (χ4v) is 4.14. The highest BCUT2D eigenvalue weighted by atomic mass is 35.5. The van der Waals surface area contributed by atoms with Gasteiger partial charge in [-0.15, -0.1) is 0 Å². The number of hydrogen-bond acceptors (Lipinski definition) is 4. The van der Waals surface area contributed by atoms with E-state index in [-0.39, 0.29) is 21.5 Å². The van der Waals surface area contributed by atoms with Gasteiger partial charge in [-0.2, -0.15) is 4.31 Å². The van der Waals surface area contributed by atoms with E-state index >= 15 is 0 Å². The van der Waals surface area contributed by atoms with E-state index in [9.17, 15) is 8.42 Å². The topological polar surface area (TPSA) is 55.8 Å². The summed E-state index contributed by atoms with van der Waals surface area (Å²) in [5.74, 6) is 1.01. The first-order valence-electron chi connectivity index (χ1n) is 6.93. The van der Waals surface area contributed by atoms with Crippen LogP contribution in [0.4, 0.5) is 0 Å². The third-order valence-electron chi connectivity index (χ3n) is 3.48. The molecule has 0 N–H and O–H groups in total. The van der Waals surface area contributed by atoms with Gasteiger partial charge in [0, 0.05) is 19.2 Å². The predicted octanol–water partition coefficient (Wildman–Crippen LogP) is 3.83. The second-order valence-electron chi connectivity index (χ2n) is 4.97. The number of nitrogens with zero attached hydrogens (tertiary/aromatic N) is 1. The summed E-state index contributed by atoms with van der Waals surface area (Å²) in [6.07, 6.45) is 0. The lowest BCUT2D eigenvalue weighted by Gasteiger charge is -2.20. The lowest BCUT2D eigenvalue weighted by atomic mass is 10.2. The summed E-state index contributed by atoms with van der Waals surface area (Å²) in [5, 5.41) is 0.189. The third-order valence-corrected chi connectivity index (χ3v) is 6.26. The van der Waals surface area contributed by atoms with E-state index in [4.69, 9.17) is 32.7 Å². The predicted molar refractivity (Wildman–Crippen MR) is 94.7 cm³/mol. The van der Waals surface area contributed by atoms with Gasteiger partial charge in [0.15, 0.2) is 11.5 Å². The molecule has 0 atom stereocenters. The minimum Gasteiger partial charge on any atom is -0.493 e. The summed E-state index contributed by atoms with van der Waals surface area (Å²) >= 11 is 12.0. The van der Waals surface area contributed by atoms with E-state index in [1.165, 1.54) is 37.7 Å². The molecule has 24 heavy (non-hydrogen) atoms. The number of halogens is 2. The molecule has 0 fully saturated rings. The van der Waals surface area contributed by atoms with Crippen LogP contribution in [0.3, 0.4) is 0 Å². The van der Waals surface area contributed by atoms with E-state index in [0.717, 1.165) is 0 Å². The number of rotatable bonds is 6. The molecule has 2 aromatic rings. The third kappa shape index (κ3) is 3.62. The first-order chi connectivity index (χ1) is 11.3. The molecule has 130 valence electrons. The fourth-order valence-electron chi connectivity index (χ4n) is 2.25. The highest BCUT2D eigenvalue weighted by Gasteiger charge is 2.26. The van der Waals surface area contributed by atoms with Gasteiger partial charge in [0.2, 0.25) is 10.0 Å². The minimum absolute atomic E-state index is 0.00336. The van der Waals surface area contributed by atoms with E-state index in [2.05, 4.69) is 0 Å². The molecule has 0 aromatic heterocycles. The SMILES string of the molecule is COc1cccc(CN(C)S(=O)(=O)c2cccc(Cl)c2Cl)c1OC. The Hall–Kier alpha value is -1.47. The summed E-state index contributed by atoms with van der Waals surface area (Å²) in [7, 11) is 0.675. The zero-order valence-electron chi connectivity index (χ0n) is 13.4. The van der Waals surface area contributed by atoms with Crippen molar-refractivity contribution in [2.24, 2.45) is 0 Å². The molecular weight excluding hydrogens is 373 g/mol. The van der Waals surface area contributed by atoms with Crippen LogP contribution >= 0.6 is 23.2 Å². The maximum Gasteiger partial charge on any atom is 0.244 e. The summed E-state index contributed by atoms with van der Waals surface area (Å²) in [6.45, 7) is 0.0888. The van der Waals surface area contributed by atoms with Gasteiger partial charge in [-0.3, -0.25) is 0 Å². The molecule has 0 heterocycles. The molecule has 0 aliphatic heterocycles. The van der Waals surface area contributed by atoms with Gasteiger partial charge in [-0.25, -0.2) is 8.42 Å². The largest absolute Gasteiger partial charge is 0.493 e. The van der Waals surface area contributed by atoms with Crippen LogP contribution in [0.15, 0.2) is 41.3 Å². The first kappa shape index (κ1) is 18.9. The van der Waals surface area contributed by atoms with Crippen LogP contribution < -0.4 is 9.47 Å². The van der Waals surface area contributed by atoms with Crippen molar-refractivity contribution in [3.8, 4) is 11.5 Å². The lowest BCUT2D eigenvalue weighted by molar-refractivity contribution is 0.347. The molecule has 0 bridgehead atoms. The number of methoxy groups -OCH3 is 2. The second-order valence-corrected chi connectivity index (χ2v) is 7.76. The number of ether oxygens (including phenoxy) is 2. The molecule has 8 heteroatoms. The van der Waals surface area contributed by atoms with Crippen molar-refractivity contribution in [3.63, 3.8) is 0 Å². The summed E-state index contributed by atoms with van der Waals surface area (Å²) < 4.78 is 37.3. The van der Waals surface area contributed by atoms with Crippen molar-refractivity contribution in [1.82, 2.24) is 4.31 Å². The van der Waals surface area contributed by atoms with Crippen LogP contribution in [0.1, 0.15) is 5.56 Å². The number of hydrogen-bond donors (Lipinski definition) is 0. The summed E-state index contributed by atoms with van der Waals surface area (Å²) in [6, 6.07) is 9.78. The molecule has 0 aliphatic rings. The van der Waals surface area contributed by atoms with Crippen molar-refractivity contribution < 1.29 is 17.9 Å². The van der Waals surface area contributed by atoms with Crippen molar-refractivity contribution in [1.29, 1.82) is 0 Å². The van der Waals surface area contributed by atoms with Crippen LogP contribution in [0.25, 0.3) is 0 Å². The smallest absolute Gasteiger partial charge is 0.244 e. The van der Waals surface area contributed by atoms with Gasteiger partial charge in [0.25, 0.3) is 0 Å². The van der Waals surface area contributed by atoms with Crippen molar-refractivity contribution >= 4 is 33.2 Å². The monoisotopic (exact) mass is 389 g/mol. The zero-order valence-corrected chi connectivity index (χ0v) is 15.7. The second kappa shape index (κ2) is 7.61. The van der Waals surface area contributed by atoms with Gasteiger partial charge < -0.3 is 9.47 Å². The van der Waals surface area contributed by atoms with Crippen LogP contribution in [0.5, 0.6) is 11.5 Å². The summed E-state index contributed by atoms with van der Waals surface area (Å²) in [4.78, 5) is -0.0407. The van der Waals surface area contributed by atoms with Crippen molar-refractivity contribution in [2.75, 3.05) is 21.3 Å². The van der Waals surface area contributed by atoms with Crippen molar-refractivity contribution in [2.45, 2.75) is 11.4 Å². The normalized spacial score (nSPS) is 11.6. The van der Waals surface area contributed by atoms with Crippen LogP contribution in [0, 0.1) is 0 Å². The van der Waals surface area contributed by atoms with Crippen LogP contribution in [-0.2, 0) is 16.6 Å². The average molecular weight is 390 g/mol. The van der Waals surface area contributed by atoms with Gasteiger partial charge >= 0.3 is 0 Å². The molecule has 2 aromatic carbocycles. The Labute approximate surface area is 151 Å². The molecule has 0 unspecified atom stereocenters. The minimum atomic E-state index is -3.81. The van der Waals surface area contributed by atoms with E-state index in [1.54, 1.807) is 24.3 Å². The van der Waals surface area contributed by atoms with E-state index in [1.807, 2.05) is 0 Å². The van der Waals surface area contributed by atoms with E-state index in [0.29, 0.717) is 17.1 Å². The van der Waals surface area contributed by atoms with Gasteiger partial charge in [-0.05, 0) is 18.2 Å². The molecule has 2 rings (SSSR count). The molecule has 0 saturated heterocycles. The number of sulfonamides is 1. The Morgan fingerprint density at radius 3 is 2.33 bits per heavy atom.